The standard InChI is InChI=1S/C14H15F2N3O/c1-7(2)12-13(17)18-11(19-14(12)20)5-8-3-4-9(15)6-10(8)16/h3-4,6-7H,5H2,1-2H3,(H3,17,18,19,20). The molecule has 0 amide bonds. The normalized spacial score (nSPS) is 11.1. The van der Waals surface area contributed by atoms with Crippen molar-refractivity contribution >= 4 is 5.82 Å². The van der Waals surface area contributed by atoms with Crippen LogP contribution in [0.5, 0.6) is 0 Å². The van der Waals surface area contributed by atoms with Crippen LogP contribution in [0, 0.1) is 11.6 Å². The Bertz CT molecular complexity index is 695. The number of hydrogen-bond donors (Lipinski definition) is 2. The fraction of sp³-hybridized carbons (Fsp3) is 0.286. The number of nitrogen functional groups attached to an aromatic ring is 1. The molecule has 0 saturated carbocycles. The summed E-state index contributed by atoms with van der Waals surface area (Å²) < 4.78 is 26.4. The first kappa shape index (κ1) is 14.2. The van der Waals surface area contributed by atoms with Gasteiger partial charge in [-0.15, -0.1) is 0 Å². The Kier molecular flexibility index (Phi) is 3.83. The van der Waals surface area contributed by atoms with Crippen molar-refractivity contribution in [1.82, 2.24) is 9.97 Å². The fourth-order valence-electron chi connectivity index (χ4n) is 2.04. The van der Waals surface area contributed by atoms with E-state index in [-0.39, 0.29) is 35.1 Å². The van der Waals surface area contributed by atoms with Crippen molar-refractivity contribution in [3.8, 4) is 0 Å². The van der Waals surface area contributed by atoms with E-state index in [0.29, 0.717) is 5.56 Å². The number of rotatable bonds is 3. The molecule has 4 nitrogen and oxygen atoms in total. The number of nitrogens with zero attached hydrogens (tertiary/aromatic N) is 1. The van der Waals surface area contributed by atoms with Crippen LogP contribution >= 0.6 is 0 Å². The lowest BCUT2D eigenvalue weighted by molar-refractivity contribution is 0.573. The number of aromatic amines is 1. The van der Waals surface area contributed by atoms with E-state index in [9.17, 15) is 13.6 Å². The summed E-state index contributed by atoms with van der Waals surface area (Å²) in [5.41, 5.74) is 6.08. The Labute approximate surface area is 114 Å². The number of H-pyrrole nitrogens is 1. The second-order valence-electron chi connectivity index (χ2n) is 4.88. The zero-order valence-corrected chi connectivity index (χ0v) is 11.2. The molecular weight excluding hydrogens is 264 g/mol. The van der Waals surface area contributed by atoms with E-state index in [1.54, 1.807) is 0 Å². The predicted molar refractivity (Wildman–Crippen MR) is 72.5 cm³/mol. The van der Waals surface area contributed by atoms with Crippen molar-refractivity contribution in [3.05, 3.63) is 57.1 Å². The molecular formula is C14H15F2N3O. The molecule has 0 fully saturated rings. The first-order chi connectivity index (χ1) is 9.38. The highest BCUT2D eigenvalue weighted by Crippen LogP contribution is 2.17. The highest BCUT2D eigenvalue weighted by molar-refractivity contribution is 5.40. The fourth-order valence-corrected chi connectivity index (χ4v) is 2.04. The summed E-state index contributed by atoms with van der Waals surface area (Å²) in [6.07, 6.45) is 0.0456. The minimum absolute atomic E-state index is 0.0456. The third-order valence-electron chi connectivity index (χ3n) is 2.98. The second-order valence-corrected chi connectivity index (χ2v) is 4.88. The van der Waals surface area contributed by atoms with Gasteiger partial charge in [-0.25, -0.2) is 13.8 Å². The number of nitrogens with one attached hydrogen (secondary N) is 1. The maximum atomic E-state index is 13.6. The number of benzene rings is 1. The third kappa shape index (κ3) is 2.84. The van der Waals surface area contributed by atoms with Crippen LogP contribution in [0.2, 0.25) is 0 Å². The van der Waals surface area contributed by atoms with E-state index in [4.69, 9.17) is 5.73 Å². The zero-order chi connectivity index (χ0) is 14.9. The van der Waals surface area contributed by atoms with Gasteiger partial charge >= 0.3 is 0 Å². The summed E-state index contributed by atoms with van der Waals surface area (Å²) in [6.45, 7) is 3.67. The molecule has 106 valence electrons. The molecule has 3 N–H and O–H groups in total. The van der Waals surface area contributed by atoms with Gasteiger partial charge in [0.05, 0.1) is 5.56 Å². The molecule has 0 aliphatic carbocycles. The van der Waals surface area contributed by atoms with Crippen LogP contribution in [0.4, 0.5) is 14.6 Å². The predicted octanol–water partition coefficient (Wildman–Crippen LogP) is 2.34. The third-order valence-corrected chi connectivity index (χ3v) is 2.98. The highest BCUT2D eigenvalue weighted by Gasteiger charge is 2.13. The largest absolute Gasteiger partial charge is 0.383 e. The molecule has 0 aliphatic rings. The summed E-state index contributed by atoms with van der Waals surface area (Å²) in [6, 6.07) is 3.26. The van der Waals surface area contributed by atoms with Gasteiger partial charge in [0.15, 0.2) is 0 Å². The Morgan fingerprint density at radius 3 is 2.60 bits per heavy atom. The first-order valence-electron chi connectivity index (χ1n) is 6.21. The van der Waals surface area contributed by atoms with Gasteiger partial charge in [-0.2, -0.15) is 0 Å². The maximum absolute atomic E-state index is 13.6. The highest BCUT2D eigenvalue weighted by atomic mass is 19.1. The number of anilines is 1. The van der Waals surface area contributed by atoms with Gasteiger partial charge in [0.1, 0.15) is 23.3 Å². The van der Waals surface area contributed by atoms with E-state index in [0.717, 1.165) is 12.1 Å². The molecule has 6 heteroatoms. The van der Waals surface area contributed by atoms with Gasteiger partial charge in [-0.05, 0) is 17.5 Å². The van der Waals surface area contributed by atoms with Crippen LogP contribution in [-0.2, 0) is 6.42 Å². The molecule has 0 unspecified atom stereocenters. The molecule has 0 radical (unpaired) electrons. The lowest BCUT2D eigenvalue weighted by Crippen LogP contribution is -2.21. The number of halogens is 2. The Morgan fingerprint density at radius 2 is 2.05 bits per heavy atom. The smallest absolute Gasteiger partial charge is 0.256 e. The van der Waals surface area contributed by atoms with Gasteiger partial charge in [-0.1, -0.05) is 19.9 Å². The second kappa shape index (κ2) is 5.40. The van der Waals surface area contributed by atoms with Gasteiger partial charge in [0.25, 0.3) is 5.56 Å². The molecule has 0 saturated heterocycles. The van der Waals surface area contributed by atoms with Gasteiger partial charge in [-0.3, -0.25) is 4.79 Å². The van der Waals surface area contributed by atoms with Crippen LogP contribution in [0.3, 0.4) is 0 Å². The van der Waals surface area contributed by atoms with E-state index in [1.165, 1.54) is 6.07 Å². The molecule has 0 spiro atoms. The molecule has 1 aromatic carbocycles. The lowest BCUT2D eigenvalue weighted by atomic mass is 10.1. The van der Waals surface area contributed by atoms with Crippen LogP contribution in [0.1, 0.15) is 36.7 Å². The van der Waals surface area contributed by atoms with Crippen molar-refractivity contribution < 1.29 is 8.78 Å². The summed E-state index contributed by atoms with van der Waals surface area (Å²) >= 11 is 0. The molecule has 1 aromatic heterocycles. The molecule has 2 rings (SSSR count). The van der Waals surface area contributed by atoms with Crippen LogP contribution in [-0.4, -0.2) is 9.97 Å². The van der Waals surface area contributed by atoms with Crippen LogP contribution in [0.15, 0.2) is 23.0 Å². The van der Waals surface area contributed by atoms with E-state index >= 15 is 0 Å². The molecule has 0 bridgehead atoms. The van der Waals surface area contributed by atoms with Crippen molar-refractivity contribution in [1.29, 1.82) is 0 Å². The lowest BCUT2D eigenvalue weighted by Gasteiger charge is -2.09. The minimum atomic E-state index is -0.681. The zero-order valence-electron chi connectivity index (χ0n) is 11.2. The van der Waals surface area contributed by atoms with Gasteiger partial charge in [0, 0.05) is 12.5 Å². The van der Waals surface area contributed by atoms with E-state index in [2.05, 4.69) is 9.97 Å². The molecule has 2 aromatic rings. The van der Waals surface area contributed by atoms with Crippen LogP contribution in [0.25, 0.3) is 0 Å². The Hall–Kier alpha value is -2.24. The molecule has 0 atom stereocenters. The van der Waals surface area contributed by atoms with Crippen molar-refractivity contribution in [2.45, 2.75) is 26.2 Å². The van der Waals surface area contributed by atoms with Gasteiger partial charge < -0.3 is 10.7 Å². The molecule has 20 heavy (non-hydrogen) atoms. The SMILES string of the molecule is CC(C)c1c(N)nc(Cc2ccc(F)cc2F)[nH]c1=O. The Balaban J connectivity index is 2.38. The average molecular weight is 279 g/mol. The number of hydrogen-bond acceptors (Lipinski definition) is 3. The quantitative estimate of drug-likeness (QED) is 0.905. The average Bonchev–Trinajstić information content (AvgIpc) is 2.31. The summed E-state index contributed by atoms with van der Waals surface area (Å²) in [7, 11) is 0. The summed E-state index contributed by atoms with van der Waals surface area (Å²) in [5, 5.41) is 0. The number of aromatic nitrogens is 2. The molecule has 0 aliphatic heterocycles. The summed E-state index contributed by atoms with van der Waals surface area (Å²) in [5.74, 6) is -0.993. The Morgan fingerprint density at radius 1 is 1.35 bits per heavy atom. The van der Waals surface area contributed by atoms with Crippen molar-refractivity contribution in [2.24, 2.45) is 0 Å². The monoisotopic (exact) mass is 279 g/mol. The first-order valence-corrected chi connectivity index (χ1v) is 6.21. The van der Waals surface area contributed by atoms with Crippen LogP contribution < -0.4 is 11.3 Å². The van der Waals surface area contributed by atoms with Crippen molar-refractivity contribution in [2.75, 3.05) is 5.73 Å². The maximum Gasteiger partial charge on any atom is 0.256 e. The van der Waals surface area contributed by atoms with E-state index in [1.807, 2.05) is 13.8 Å². The van der Waals surface area contributed by atoms with Gasteiger partial charge in [0.2, 0.25) is 0 Å². The number of nitrogens with two attached hydrogens (primary N) is 1. The van der Waals surface area contributed by atoms with E-state index < -0.39 is 11.6 Å². The minimum Gasteiger partial charge on any atom is -0.383 e. The van der Waals surface area contributed by atoms with Crippen molar-refractivity contribution in [3.63, 3.8) is 0 Å². The topological polar surface area (TPSA) is 71.8 Å². The summed E-state index contributed by atoms with van der Waals surface area (Å²) in [4.78, 5) is 18.6. The molecule has 1 heterocycles.